The third-order valence-electron chi connectivity index (χ3n) is 3.69. The van der Waals surface area contributed by atoms with Gasteiger partial charge >= 0.3 is 0 Å². The van der Waals surface area contributed by atoms with E-state index >= 15 is 0 Å². The van der Waals surface area contributed by atoms with Crippen LogP contribution >= 0.6 is 0 Å². The molecule has 3 rings (SSSR count). The van der Waals surface area contributed by atoms with Crippen molar-refractivity contribution in [2.24, 2.45) is 0 Å². The average molecular weight is 233 g/mol. The van der Waals surface area contributed by atoms with Crippen LogP contribution in [0.15, 0.2) is 0 Å². The molecule has 92 valence electrons. The number of hydrogen-bond donors (Lipinski definition) is 1. The molecule has 0 radical (unpaired) electrons. The molecular formula is C13H19N3O. The lowest BCUT2D eigenvalue weighted by molar-refractivity contribution is 0.107. The smallest absolute Gasteiger partial charge is 0.125 e. The summed E-state index contributed by atoms with van der Waals surface area (Å²) in [6.07, 6.45) is 3.31. The summed E-state index contributed by atoms with van der Waals surface area (Å²) in [6.45, 7) is 5.71. The molecule has 2 aliphatic rings. The highest BCUT2D eigenvalue weighted by atomic mass is 16.5. The van der Waals surface area contributed by atoms with Crippen LogP contribution in [0.2, 0.25) is 0 Å². The van der Waals surface area contributed by atoms with Crippen molar-refractivity contribution in [1.29, 1.82) is 0 Å². The van der Waals surface area contributed by atoms with E-state index < -0.39 is 0 Å². The van der Waals surface area contributed by atoms with E-state index in [0.717, 1.165) is 31.9 Å². The Morgan fingerprint density at radius 3 is 2.88 bits per heavy atom. The van der Waals surface area contributed by atoms with Gasteiger partial charge in [-0.25, -0.2) is 9.97 Å². The molecule has 1 fully saturated rings. The number of ether oxygens (including phenoxy) is 1. The Balaban J connectivity index is 1.98. The first-order valence-corrected chi connectivity index (χ1v) is 6.49. The first-order chi connectivity index (χ1) is 8.34. The molecule has 2 aliphatic heterocycles. The van der Waals surface area contributed by atoms with Crippen molar-refractivity contribution in [1.82, 2.24) is 15.3 Å². The van der Waals surface area contributed by atoms with Gasteiger partial charge in [-0.15, -0.1) is 0 Å². The minimum absolute atomic E-state index is 0.591. The topological polar surface area (TPSA) is 47.0 Å². The van der Waals surface area contributed by atoms with Crippen LogP contribution in [0.25, 0.3) is 0 Å². The fourth-order valence-corrected chi connectivity index (χ4v) is 2.82. The summed E-state index contributed by atoms with van der Waals surface area (Å²) in [7, 11) is 0. The van der Waals surface area contributed by atoms with Crippen LogP contribution in [-0.2, 0) is 17.8 Å². The first-order valence-electron chi connectivity index (χ1n) is 6.49. The Kier molecular flexibility index (Phi) is 3.07. The van der Waals surface area contributed by atoms with Crippen molar-refractivity contribution >= 4 is 0 Å². The fraction of sp³-hybridized carbons (Fsp3) is 0.692. The van der Waals surface area contributed by atoms with E-state index in [9.17, 15) is 0 Å². The molecular weight excluding hydrogens is 214 g/mol. The number of nitrogens with zero attached hydrogens (tertiary/aromatic N) is 2. The van der Waals surface area contributed by atoms with E-state index in [-0.39, 0.29) is 0 Å². The second-order valence-electron chi connectivity index (χ2n) is 4.91. The lowest BCUT2D eigenvalue weighted by Crippen LogP contribution is -2.29. The van der Waals surface area contributed by atoms with Crippen LogP contribution in [0.1, 0.15) is 41.5 Å². The van der Waals surface area contributed by atoms with E-state index in [0.29, 0.717) is 12.5 Å². The molecule has 4 heteroatoms. The molecule has 3 heterocycles. The fourth-order valence-electron chi connectivity index (χ4n) is 2.82. The van der Waals surface area contributed by atoms with Crippen LogP contribution in [-0.4, -0.2) is 29.7 Å². The lowest BCUT2D eigenvalue weighted by atomic mass is 9.90. The van der Waals surface area contributed by atoms with Crippen LogP contribution in [0, 0.1) is 6.92 Å². The van der Waals surface area contributed by atoms with Gasteiger partial charge in [-0.05, 0) is 32.9 Å². The van der Waals surface area contributed by atoms with E-state index in [1.54, 1.807) is 0 Å². The number of rotatable bonds is 1. The second-order valence-corrected chi connectivity index (χ2v) is 4.91. The van der Waals surface area contributed by atoms with E-state index in [1.807, 2.05) is 6.92 Å². The largest absolute Gasteiger partial charge is 0.376 e. The minimum Gasteiger partial charge on any atom is -0.376 e. The molecule has 0 bridgehead atoms. The van der Waals surface area contributed by atoms with Crippen LogP contribution in [0.4, 0.5) is 0 Å². The Hall–Kier alpha value is -1.00. The minimum atomic E-state index is 0.591. The molecule has 0 aromatic carbocycles. The van der Waals surface area contributed by atoms with Crippen molar-refractivity contribution in [2.75, 3.05) is 19.7 Å². The molecule has 17 heavy (non-hydrogen) atoms. The molecule has 4 nitrogen and oxygen atoms in total. The third-order valence-corrected chi connectivity index (χ3v) is 3.69. The van der Waals surface area contributed by atoms with E-state index in [4.69, 9.17) is 9.72 Å². The molecule has 0 spiro atoms. The maximum atomic E-state index is 5.57. The second kappa shape index (κ2) is 4.70. The highest BCUT2D eigenvalue weighted by Gasteiger charge is 2.24. The number of piperidine rings is 1. The van der Waals surface area contributed by atoms with Crippen molar-refractivity contribution in [3.8, 4) is 0 Å². The zero-order chi connectivity index (χ0) is 11.7. The molecule has 1 saturated heterocycles. The number of nitrogens with one attached hydrogen (secondary N) is 1. The molecule has 1 N–H and O–H groups in total. The van der Waals surface area contributed by atoms with Crippen LogP contribution in [0.5, 0.6) is 0 Å². The maximum Gasteiger partial charge on any atom is 0.125 e. The van der Waals surface area contributed by atoms with Crippen LogP contribution < -0.4 is 5.32 Å². The van der Waals surface area contributed by atoms with Gasteiger partial charge < -0.3 is 10.1 Å². The summed E-state index contributed by atoms with van der Waals surface area (Å²) in [4.78, 5) is 9.25. The molecule has 0 unspecified atom stereocenters. The molecule has 1 aromatic rings. The lowest BCUT2D eigenvalue weighted by Gasteiger charge is -2.27. The van der Waals surface area contributed by atoms with Gasteiger partial charge in [0.2, 0.25) is 0 Å². The van der Waals surface area contributed by atoms with Crippen molar-refractivity contribution in [3.05, 3.63) is 22.8 Å². The first kappa shape index (κ1) is 11.1. The number of hydrogen-bond acceptors (Lipinski definition) is 4. The predicted molar refractivity (Wildman–Crippen MR) is 65.0 cm³/mol. The Bertz CT molecular complexity index is 413. The number of aromatic nitrogens is 2. The molecule has 1 aromatic heterocycles. The van der Waals surface area contributed by atoms with Crippen LogP contribution in [0.3, 0.4) is 0 Å². The van der Waals surface area contributed by atoms with Gasteiger partial charge in [-0.3, -0.25) is 0 Å². The van der Waals surface area contributed by atoms with Gasteiger partial charge in [0.1, 0.15) is 5.82 Å². The quantitative estimate of drug-likeness (QED) is 0.795. The predicted octanol–water partition coefficient (Wildman–Crippen LogP) is 1.32. The highest BCUT2D eigenvalue weighted by Crippen LogP contribution is 2.29. The molecule has 0 aliphatic carbocycles. The van der Waals surface area contributed by atoms with Crippen molar-refractivity contribution < 1.29 is 4.74 Å². The van der Waals surface area contributed by atoms with Crippen molar-refractivity contribution in [3.63, 3.8) is 0 Å². The molecule has 0 atom stereocenters. The summed E-state index contributed by atoms with van der Waals surface area (Å²) >= 11 is 0. The summed E-state index contributed by atoms with van der Waals surface area (Å²) in [6, 6.07) is 0. The zero-order valence-electron chi connectivity index (χ0n) is 10.3. The zero-order valence-corrected chi connectivity index (χ0v) is 10.3. The van der Waals surface area contributed by atoms with Gasteiger partial charge in [-0.1, -0.05) is 0 Å². The van der Waals surface area contributed by atoms with E-state index in [1.165, 1.54) is 29.8 Å². The Labute approximate surface area is 102 Å². The van der Waals surface area contributed by atoms with Gasteiger partial charge in [0.15, 0.2) is 0 Å². The standard InChI is InChI=1S/C13H19N3O/c1-9-15-12-4-7-17-8-11(12)13(16-9)10-2-5-14-6-3-10/h10,14H,2-8H2,1H3. The van der Waals surface area contributed by atoms with Gasteiger partial charge in [-0.2, -0.15) is 0 Å². The summed E-state index contributed by atoms with van der Waals surface area (Å²) in [5.74, 6) is 1.51. The molecule has 0 saturated carbocycles. The SMILES string of the molecule is Cc1nc2c(c(C3CCNCC3)n1)COCC2. The Morgan fingerprint density at radius 2 is 2.06 bits per heavy atom. The normalized spacial score (nSPS) is 21.2. The third kappa shape index (κ3) is 2.19. The summed E-state index contributed by atoms with van der Waals surface area (Å²) < 4.78 is 5.57. The maximum absolute atomic E-state index is 5.57. The van der Waals surface area contributed by atoms with Gasteiger partial charge in [0.25, 0.3) is 0 Å². The van der Waals surface area contributed by atoms with E-state index in [2.05, 4.69) is 10.3 Å². The summed E-state index contributed by atoms with van der Waals surface area (Å²) in [5, 5.41) is 3.40. The summed E-state index contributed by atoms with van der Waals surface area (Å²) in [5.41, 5.74) is 3.75. The van der Waals surface area contributed by atoms with Crippen molar-refractivity contribution in [2.45, 2.75) is 38.7 Å². The Morgan fingerprint density at radius 1 is 1.24 bits per heavy atom. The number of fused-ring (bicyclic) bond motifs is 1. The monoisotopic (exact) mass is 233 g/mol. The number of aryl methyl sites for hydroxylation is 1. The van der Waals surface area contributed by atoms with Gasteiger partial charge in [0, 0.05) is 17.9 Å². The highest BCUT2D eigenvalue weighted by molar-refractivity contribution is 5.30. The molecule has 0 amide bonds. The van der Waals surface area contributed by atoms with Gasteiger partial charge in [0.05, 0.1) is 24.6 Å². The average Bonchev–Trinajstić information content (AvgIpc) is 2.39.